The highest BCUT2D eigenvalue weighted by molar-refractivity contribution is 5.83. The lowest BCUT2D eigenvalue weighted by molar-refractivity contribution is -0.141. The van der Waals surface area contributed by atoms with Crippen LogP contribution in [0.25, 0.3) is 0 Å². The molecule has 0 aromatic rings. The fourth-order valence-electron chi connectivity index (χ4n) is 2.24. The Morgan fingerprint density at radius 3 is 2.39 bits per heavy atom. The van der Waals surface area contributed by atoms with Crippen molar-refractivity contribution in [3.05, 3.63) is 0 Å². The number of methoxy groups -OCH3 is 3. The second kappa shape index (κ2) is 7.68. The average Bonchev–Trinajstić information content (AvgIpc) is 2.41. The van der Waals surface area contributed by atoms with Gasteiger partial charge in [-0.2, -0.15) is 0 Å². The predicted octanol–water partition coefficient (Wildman–Crippen LogP) is -0.262. The summed E-state index contributed by atoms with van der Waals surface area (Å²) in [6.45, 7) is 2.49. The average molecular weight is 260 g/mol. The van der Waals surface area contributed by atoms with Gasteiger partial charge in [-0.3, -0.25) is 4.79 Å². The zero-order valence-corrected chi connectivity index (χ0v) is 11.5. The minimum Gasteiger partial charge on any atom is -0.384 e. The summed E-state index contributed by atoms with van der Waals surface area (Å²) in [6.07, 6.45) is 1.17. The van der Waals surface area contributed by atoms with Crippen LogP contribution < -0.4 is 10.6 Å². The number of carbonyl (C=O) groups is 1. The van der Waals surface area contributed by atoms with Crippen LogP contribution in [0.5, 0.6) is 0 Å². The number of carbonyl (C=O) groups excluding carboxylic acids is 1. The van der Waals surface area contributed by atoms with Crippen LogP contribution in [0.3, 0.4) is 0 Å². The van der Waals surface area contributed by atoms with Crippen molar-refractivity contribution in [2.75, 3.05) is 47.6 Å². The van der Waals surface area contributed by atoms with E-state index >= 15 is 0 Å². The minimum absolute atomic E-state index is 0.0185. The Morgan fingerprint density at radius 2 is 1.89 bits per heavy atom. The van der Waals surface area contributed by atoms with Crippen LogP contribution in [-0.4, -0.2) is 59.8 Å². The third-order valence-electron chi connectivity index (χ3n) is 3.42. The lowest BCUT2D eigenvalue weighted by Crippen LogP contribution is -2.51. The number of piperidine rings is 1. The standard InChI is InChI=1S/C12H24N2O4/c1-16-9-12(4-6-13-7-5-12)11(15)14-8-10(17-2)18-3/h10,13H,4-9H2,1-3H3,(H,14,15). The lowest BCUT2D eigenvalue weighted by Gasteiger charge is -2.35. The van der Waals surface area contributed by atoms with E-state index in [0.29, 0.717) is 13.2 Å². The van der Waals surface area contributed by atoms with Crippen molar-refractivity contribution in [2.45, 2.75) is 19.1 Å². The molecule has 1 aliphatic rings. The second-order valence-electron chi connectivity index (χ2n) is 4.57. The van der Waals surface area contributed by atoms with Gasteiger partial charge < -0.3 is 24.8 Å². The van der Waals surface area contributed by atoms with Gasteiger partial charge in [0.1, 0.15) is 0 Å². The van der Waals surface area contributed by atoms with E-state index in [2.05, 4.69) is 10.6 Å². The molecule has 0 unspecified atom stereocenters. The van der Waals surface area contributed by atoms with Gasteiger partial charge in [0, 0.05) is 21.3 Å². The maximum absolute atomic E-state index is 12.3. The fraction of sp³-hybridized carbons (Fsp3) is 0.917. The zero-order chi connectivity index (χ0) is 13.4. The Hall–Kier alpha value is -0.690. The topological polar surface area (TPSA) is 68.8 Å². The van der Waals surface area contributed by atoms with Crippen molar-refractivity contribution in [2.24, 2.45) is 5.41 Å². The molecule has 0 spiro atoms. The summed E-state index contributed by atoms with van der Waals surface area (Å²) >= 11 is 0. The summed E-state index contributed by atoms with van der Waals surface area (Å²) in [5, 5.41) is 6.14. The molecule has 6 heteroatoms. The Balaban J connectivity index is 2.54. The van der Waals surface area contributed by atoms with Gasteiger partial charge in [0.15, 0.2) is 6.29 Å². The van der Waals surface area contributed by atoms with Crippen molar-refractivity contribution in [3.63, 3.8) is 0 Å². The molecule has 1 amide bonds. The highest BCUT2D eigenvalue weighted by Crippen LogP contribution is 2.29. The minimum atomic E-state index is -0.425. The Morgan fingerprint density at radius 1 is 1.28 bits per heavy atom. The summed E-state index contributed by atoms with van der Waals surface area (Å²) in [5.41, 5.74) is -0.425. The van der Waals surface area contributed by atoms with E-state index in [1.807, 2.05) is 0 Å². The lowest BCUT2D eigenvalue weighted by atomic mass is 9.78. The molecule has 1 saturated heterocycles. The predicted molar refractivity (Wildman–Crippen MR) is 67.2 cm³/mol. The van der Waals surface area contributed by atoms with Crippen LogP contribution in [0.15, 0.2) is 0 Å². The normalized spacial score (nSPS) is 18.9. The number of hydrogen-bond donors (Lipinski definition) is 2. The molecule has 18 heavy (non-hydrogen) atoms. The van der Waals surface area contributed by atoms with Crippen molar-refractivity contribution in [3.8, 4) is 0 Å². The van der Waals surface area contributed by atoms with Crippen LogP contribution in [0.2, 0.25) is 0 Å². The zero-order valence-electron chi connectivity index (χ0n) is 11.5. The van der Waals surface area contributed by atoms with E-state index in [1.165, 1.54) is 0 Å². The van der Waals surface area contributed by atoms with Gasteiger partial charge in [0.25, 0.3) is 0 Å². The van der Waals surface area contributed by atoms with Crippen LogP contribution >= 0.6 is 0 Å². The number of ether oxygens (including phenoxy) is 3. The summed E-state index contributed by atoms with van der Waals surface area (Å²) in [4.78, 5) is 12.3. The molecule has 1 aliphatic heterocycles. The maximum atomic E-state index is 12.3. The van der Waals surface area contributed by atoms with Crippen molar-refractivity contribution in [1.29, 1.82) is 0 Å². The number of nitrogens with one attached hydrogen (secondary N) is 2. The molecule has 1 rings (SSSR count). The van der Waals surface area contributed by atoms with Gasteiger partial charge in [-0.05, 0) is 25.9 Å². The molecule has 1 fully saturated rings. The van der Waals surface area contributed by atoms with Gasteiger partial charge in [0.2, 0.25) is 5.91 Å². The van der Waals surface area contributed by atoms with E-state index in [4.69, 9.17) is 14.2 Å². The molecule has 2 N–H and O–H groups in total. The number of hydrogen-bond acceptors (Lipinski definition) is 5. The molecular weight excluding hydrogens is 236 g/mol. The van der Waals surface area contributed by atoms with Crippen LogP contribution in [-0.2, 0) is 19.0 Å². The Labute approximate surface area is 108 Å². The molecular formula is C12H24N2O4. The molecule has 0 aliphatic carbocycles. The smallest absolute Gasteiger partial charge is 0.228 e. The summed E-state index contributed by atoms with van der Waals surface area (Å²) < 4.78 is 15.3. The summed E-state index contributed by atoms with van der Waals surface area (Å²) in [7, 11) is 4.73. The van der Waals surface area contributed by atoms with Crippen molar-refractivity contribution in [1.82, 2.24) is 10.6 Å². The van der Waals surface area contributed by atoms with Gasteiger partial charge in [0.05, 0.1) is 18.6 Å². The fourth-order valence-corrected chi connectivity index (χ4v) is 2.24. The van der Waals surface area contributed by atoms with Gasteiger partial charge in [-0.1, -0.05) is 0 Å². The molecule has 0 bridgehead atoms. The second-order valence-corrected chi connectivity index (χ2v) is 4.57. The molecule has 0 aromatic carbocycles. The summed E-state index contributed by atoms with van der Waals surface area (Å²) in [6, 6.07) is 0. The van der Waals surface area contributed by atoms with E-state index < -0.39 is 11.7 Å². The third-order valence-corrected chi connectivity index (χ3v) is 3.42. The van der Waals surface area contributed by atoms with Gasteiger partial charge in [-0.15, -0.1) is 0 Å². The molecule has 0 radical (unpaired) electrons. The van der Waals surface area contributed by atoms with Crippen LogP contribution in [0.4, 0.5) is 0 Å². The molecule has 6 nitrogen and oxygen atoms in total. The SMILES string of the molecule is COCC1(C(=O)NCC(OC)OC)CCNCC1. The van der Waals surface area contributed by atoms with Crippen LogP contribution in [0.1, 0.15) is 12.8 Å². The van der Waals surface area contributed by atoms with Gasteiger partial charge >= 0.3 is 0 Å². The van der Waals surface area contributed by atoms with Crippen molar-refractivity contribution < 1.29 is 19.0 Å². The first-order valence-electron chi connectivity index (χ1n) is 6.22. The number of rotatable bonds is 7. The third kappa shape index (κ3) is 3.91. The summed E-state index contributed by atoms with van der Waals surface area (Å²) in [5.74, 6) is 0.0185. The Kier molecular flexibility index (Phi) is 6.56. The molecule has 1 heterocycles. The largest absolute Gasteiger partial charge is 0.384 e. The maximum Gasteiger partial charge on any atom is 0.228 e. The quantitative estimate of drug-likeness (QED) is 0.617. The van der Waals surface area contributed by atoms with Crippen LogP contribution in [0, 0.1) is 5.41 Å². The van der Waals surface area contributed by atoms with E-state index in [1.54, 1.807) is 21.3 Å². The van der Waals surface area contributed by atoms with E-state index in [-0.39, 0.29) is 5.91 Å². The first kappa shape index (κ1) is 15.4. The highest BCUT2D eigenvalue weighted by Gasteiger charge is 2.39. The molecule has 0 saturated carbocycles. The first-order valence-corrected chi connectivity index (χ1v) is 6.22. The first-order chi connectivity index (χ1) is 8.68. The Bertz CT molecular complexity index is 245. The molecule has 0 atom stereocenters. The molecule has 0 aromatic heterocycles. The number of amides is 1. The van der Waals surface area contributed by atoms with E-state index in [0.717, 1.165) is 25.9 Å². The van der Waals surface area contributed by atoms with Crippen molar-refractivity contribution >= 4 is 5.91 Å². The van der Waals surface area contributed by atoms with Gasteiger partial charge in [-0.25, -0.2) is 0 Å². The monoisotopic (exact) mass is 260 g/mol. The highest BCUT2D eigenvalue weighted by atomic mass is 16.7. The van der Waals surface area contributed by atoms with E-state index in [9.17, 15) is 4.79 Å². The molecule has 106 valence electrons.